The van der Waals surface area contributed by atoms with Gasteiger partial charge in [-0.25, -0.2) is 0 Å². The third-order valence-corrected chi connectivity index (χ3v) is 24.5. The summed E-state index contributed by atoms with van der Waals surface area (Å²) in [4.78, 5) is 271. The molecule has 129 heavy (non-hydrogen) atoms. The van der Waals surface area contributed by atoms with Crippen LogP contribution in [-0.4, -0.2) is 317 Å². The maximum Gasteiger partial charge on any atom is 0.305 e. The molecule has 15 atom stereocenters. The molecule has 17 amide bonds. The minimum absolute atomic E-state index is 0.00361. The minimum atomic E-state index is -1.91. The monoisotopic (exact) mass is 1810 g/mol. The number of aliphatic carboxylic acids is 1. The van der Waals surface area contributed by atoms with Crippen molar-refractivity contribution in [3.63, 3.8) is 0 Å². The molecule has 0 radical (unpaired) electrons. The van der Waals surface area contributed by atoms with Gasteiger partial charge in [0.1, 0.15) is 90.3 Å². The molecule has 0 saturated carbocycles. The summed E-state index contributed by atoms with van der Waals surface area (Å²) in [6.45, 7) is 1.61. The van der Waals surface area contributed by atoms with Gasteiger partial charge in [-0.05, 0) is 99.2 Å². The first-order valence-electron chi connectivity index (χ1n) is 43.2. The third-order valence-electron chi connectivity index (χ3n) is 23.4. The average Bonchev–Trinajstić information content (AvgIpc) is 1.64. The number of carbonyl (C=O) groups is 18. The Hall–Kier alpha value is -12.8. The van der Waals surface area contributed by atoms with Gasteiger partial charge in [0, 0.05) is 112 Å². The SMILES string of the molecule is CCCC[C@H]1C(=O)N(C)[C@@H](CCCC)C(=O)N[C@@H](C)C(=O)N[C@H](C(=O)NCC(N)=O)CSCC(=O)N[C@@H](Cc2ccc(O)cc2)C(=O)N2CCCC[C@H]2C(=O)N[C@@H](CC(=O)O)C(=O)N2CCC[C@H]2C(=O)N[C@@H](CN)C(=O)N[C@@H](CCC(N)=O)C(=O)N2C[C@H](O)C[C@H]2C(=O)N[C@@H](Cc2c[nH]c3ccccc23)C(=O)N[C@@H](CO)C(=O)N[C@@H](Cc2c[nH]c3ccccc23)C(=O)N1C. The molecule has 4 aliphatic heterocycles. The van der Waals surface area contributed by atoms with E-state index in [0.29, 0.717) is 77.0 Å². The van der Waals surface area contributed by atoms with Gasteiger partial charge in [-0.3, -0.25) is 86.3 Å². The van der Waals surface area contributed by atoms with Gasteiger partial charge in [0.2, 0.25) is 100 Å². The van der Waals surface area contributed by atoms with Crippen LogP contribution < -0.4 is 70.4 Å². The molecule has 5 aromatic rings. The maximum absolute atomic E-state index is 15.6. The van der Waals surface area contributed by atoms with Crippen molar-refractivity contribution in [3.05, 3.63) is 102 Å². The van der Waals surface area contributed by atoms with Crippen LogP contribution in [0.2, 0.25) is 0 Å². The lowest BCUT2D eigenvalue weighted by Gasteiger charge is -2.38. The summed E-state index contributed by atoms with van der Waals surface area (Å²) in [6, 6.07) is -2.79. The molecule has 4 saturated heterocycles. The second kappa shape index (κ2) is 47.3. The summed E-state index contributed by atoms with van der Waals surface area (Å²) in [6.07, 6.45) is 0.639. The van der Waals surface area contributed by atoms with Gasteiger partial charge in [0.25, 0.3) is 0 Å². The molecule has 0 unspecified atom stereocenters. The standard InChI is InChI=1S/C86H118N20O22S/c1-6-8-21-64-78(120)93-46(3)73(115)101-63(74(116)92-41-70(89)111)44-129-45-71(112)94-58(33-47-25-27-50(108)28-26-47)84(126)104-31-15-14-23-65(104)79(121)98-60(37-72(113)114)85(127)105-32-16-24-66(105)80(122)99-61(38-87)76(118)95-56(29-30-69(88)110)83(125)106-42-51(109)36-68(106)81(123)96-57(34-48-39-90-54-19-12-10-17-52(48)54)75(117)100-62(43-107)77(119)97-59(35-49-40-91-55-20-13-11-18-53(49)55)82(124)103(5)67(22-9-7-2)86(128)102(64)4/h10-13,17-20,25-28,39-40,46,51,56-68,90-91,107-109H,6-9,14-16,21-24,29-38,41-45,87H2,1-5H3,(H2,88,110)(H2,89,111)(H,92,116)(H,93,120)(H,94,112)(H,95,118)(H,96,123)(H,97,119)(H,98,121)(H,99,122)(H,100,117)(H,101,115)(H,113,114)/t46-,51+,56-,57-,58-,59-,60-,61-,62-,63-,64-,65-,66-,67-,68-/m0/s1. The van der Waals surface area contributed by atoms with Gasteiger partial charge in [-0.2, -0.15) is 0 Å². The summed E-state index contributed by atoms with van der Waals surface area (Å²) < 4.78 is 0. The number of nitrogens with zero attached hydrogens (tertiary/aromatic N) is 5. The fourth-order valence-corrected chi connectivity index (χ4v) is 17.2. The summed E-state index contributed by atoms with van der Waals surface area (Å²) in [5.41, 5.74) is 19.7. The molecule has 700 valence electrons. The number of aromatic amines is 2. The van der Waals surface area contributed by atoms with Crippen molar-refractivity contribution in [1.29, 1.82) is 0 Å². The number of hydrogen-bond donors (Lipinski definition) is 19. The van der Waals surface area contributed by atoms with Gasteiger partial charge in [0.15, 0.2) is 0 Å². The van der Waals surface area contributed by atoms with Crippen LogP contribution >= 0.6 is 11.8 Å². The Kier molecular flexibility index (Phi) is 36.7. The van der Waals surface area contributed by atoms with E-state index in [0.717, 1.165) is 36.3 Å². The summed E-state index contributed by atoms with van der Waals surface area (Å²) in [5, 5.41) is 69.7. The quantitative estimate of drug-likeness (QED) is 0.0316. The highest BCUT2D eigenvalue weighted by Crippen LogP contribution is 2.29. The van der Waals surface area contributed by atoms with E-state index in [1.807, 2.05) is 13.8 Å². The molecule has 43 heteroatoms. The number of fused-ring (bicyclic) bond motifs is 5. The number of piperidine rings is 1. The Morgan fingerprint density at radius 2 is 1.03 bits per heavy atom. The molecule has 9 rings (SSSR count). The first-order chi connectivity index (χ1) is 61.5. The number of para-hydroxylation sites is 2. The summed E-state index contributed by atoms with van der Waals surface area (Å²) in [7, 11) is 2.68. The lowest BCUT2D eigenvalue weighted by Crippen LogP contribution is -2.62. The smallest absolute Gasteiger partial charge is 0.305 e. The van der Waals surface area contributed by atoms with E-state index < -0.39 is 261 Å². The molecule has 4 aliphatic rings. The number of carboxylic acid groups (broad SMARTS) is 1. The van der Waals surface area contributed by atoms with E-state index >= 15 is 33.6 Å². The molecule has 0 bridgehead atoms. The van der Waals surface area contributed by atoms with E-state index in [9.17, 15) is 73.2 Å². The number of nitrogens with one attached hydrogen (secondary N) is 12. The van der Waals surface area contributed by atoms with Crippen LogP contribution in [-0.2, 0) is 106 Å². The van der Waals surface area contributed by atoms with Crippen LogP contribution in [0.15, 0.2) is 85.2 Å². The molecule has 4 fully saturated rings. The van der Waals surface area contributed by atoms with E-state index in [2.05, 4.69) is 63.1 Å². The molecule has 0 aliphatic carbocycles. The molecule has 3 aromatic carbocycles. The Morgan fingerprint density at radius 1 is 0.519 bits per heavy atom. The first kappa shape index (κ1) is 100.0. The van der Waals surface area contributed by atoms with Crippen LogP contribution in [0.4, 0.5) is 0 Å². The minimum Gasteiger partial charge on any atom is -0.508 e. The number of phenolic OH excluding ortho intramolecular Hbond substituents is 1. The van der Waals surface area contributed by atoms with E-state index in [1.165, 1.54) is 45.3 Å². The van der Waals surface area contributed by atoms with Gasteiger partial charge in [-0.15, -0.1) is 11.8 Å². The number of amides is 17. The number of aliphatic hydroxyl groups is 2. The zero-order valence-electron chi connectivity index (χ0n) is 72.6. The van der Waals surface area contributed by atoms with E-state index in [-0.39, 0.29) is 70.2 Å². The average molecular weight is 1820 g/mol. The number of thioether (sulfide) groups is 1. The molecule has 22 N–H and O–H groups in total. The highest BCUT2D eigenvalue weighted by molar-refractivity contribution is 8.00. The highest BCUT2D eigenvalue weighted by Gasteiger charge is 2.47. The molecule has 42 nitrogen and oxygen atoms in total. The fraction of sp³-hybridized carbons (Fsp3) is 0.535. The van der Waals surface area contributed by atoms with Crippen LogP contribution in [0.1, 0.15) is 134 Å². The highest BCUT2D eigenvalue weighted by atomic mass is 32.2. The molecule has 0 spiro atoms. The molecular weight excluding hydrogens is 1700 g/mol. The lowest BCUT2D eigenvalue weighted by molar-refractivity contribution is -0.149. The van der Waals surface area contributed by atoms with Crippen molar-refractivity contribution in [2.24, 2.45) is 17.2 Å². The number of nitrogens with two attached hydrogens (primary N) is 3. The number of carbonyl (C=O) groups excluding carboxylic acids is 17. The summed E-state index contributed by atoms with van der Waals surface area (Å²) >= 11 is 0.781. The number of aliphatic hydroxyl groups excluding tert-OH is 2. The van der Waals surface area contributed by atoms with Crippen molar-refractivity contribution >= 4 is 140 Å². The molecule has 6 heterocycles. The number of unbranched alkanes of at least 4 members (excludes halogenated alkanes) is 2. The van der Waals surface area contributed by atoms with Crippen molar-refractivity contribution in [2.45, 2.75) is 227 Å². The lowest BCUT2D eigenvalue weighted by atomic mass is 9.97. The first-order valence-corrected chi connectivity index (χ1v) is 44.4. The number of benzene rings is 3. The number of likely N-dealkylation sites (N-methyl/N-ethyl adjacent to an activating group) is 2. The van der Waals surface area contributed by atoms with E-state index in [4.69, 9.17) is 17.2 Å². The number of primary amides is 2. The van der Waals surface area contributed by atoms with Crippen LogP contribution in [0.25, 0.3) is 21.8 Å². The Balaban J connectivity index is 1.07. The Bertz CT molecular complexity index is 4910. The number of phenols is 1. The zero-order chi connectivity index (χ0) is 94.0. The normalized spacial score (nSPS) is 25.9. The topological polar surface area (TPSA) is 634 Å². The van der Waals surface area contributed by atoms with E-state index in [1.54, 1.807) is 60.9 Å². The van der Waals surface area contributed by atoms with Gasteiger partial charge in [-0.1, -0.05) is 88.1 Å². The number of rotatable bonds is 22. The summed E-state index contributed by atoms with van der Waals surface area (Å²) in [5.74, 6) is -19.1. The van der Waals surface area contributed by atoms with Crippen molar-refractivity contribution < 1.29 is 107 Å². The Morgan fingerprint density at radius 3 is 1.63 bits per heavy atom. The number of H-pyrrole nitrogens is 2. The molecule has 2 aromatic heterocycles. The van der Waals surface area contributed by atoms with Crippen LogP contribution in [0.5, 0.6) is 5.75 Å². The second-order valence-electron chi connectivity index (χ2n) is 32.8. The number of aromatic hydroxyl groups is 1. The van der Waals surface area contributed by atoms with Crippen LogP contribution in [0.3, 0.4) is 0 Å². The van der Waals surface area contributed by atoms with Crippen LogP contribution in [0, 0.1) is 0 Å². The van der Waals surface area contributed by atoms with Gasteiger partial charge in [0.05, 0.1) is 31.4 Å². The van der Waals surface area contributed by atoms with Gasteiger partial charge < -0.3 is 125 Å². The molecular formula is C86H118N20O22S. The number of carboxylic acids is 1. The third kappa shape index (κ3) is 26.9. The number of aromatic nitrogens is 2. The second-order valence-corrected chi connectivity index (χ2v) is 33.9. The maximum atomic E-state index is 15.6. The van der Waals surface area contributed by atoms with Crippen molar-refractivity contribution in [3.8, 4) is 5.75 Å². The zero-order valence-corrected chi connectivity index (χ0v) is 73.5. The van der Waals surface area contributed by atoms with Crippen molar-refractivity contribution in [2.75, 3.05) is 64.9 Å². The Labute approximate surface area is 747 Å². The predicted octanol–water partition coefficient (Wildman–Crippen LogP) is -3.83. The predicted molar refractivity (Wildman–Crippen MR) is 468 cm³/mol. The largest absolute Gasteiger partial charge is 0.508 e. The van der Waals surface area contributed by atoms with Crippen molar-refractivity contribution in [1.82, 2.24) is 87.6 Å². The fourth-order valence-electron chi connectivity index (χ4n) is 16.4. The van der Waals surface area contributed by atoms with Gasteiger partial charge >= 0.3 is 5.97 Å². The number of hydrogen-bond acceptors (Lipinski definition) is 23.